The molecule has 16 heavy (non-hydrogen) atoms. The smallest absolute Gasteiger partial charge is 0.320 e. The molecule has 1 atom stereocenters. The van der Waals surface area contributed by atoms with Crippen molar-refractivity contribution in [1.29, 1.82) is 0 Å². The van der Waals surface area contributed by atoms with E-state index in [1.807, 2.05) is 35.0 Å². The molecule has 0 saturated carbocycles. The summed E-state index contributed by atoms with van der Waals surface area (Å²) in [5.74, 6) is -0.858. The Bertz CT molecular complexity index is 474. The largest absolute Gasteiger partial charge is 0.480 e. The summed E-state index contributed by atoms with van der Waals surface area (Å²) in [4.78, 5) is 15.0. The fraction of sp³-hybridized carbons (Fsp3) is 0.273. The molecule has 0 fully saturated rings. The molecule has 2 N–H and O–H groups in total. The molecule has 0 aliphatic carbocycles. The molecular weight excluding hydrogens is 206 g/mol. The molecule has 0 aromatic carbocycles. The van der Waals surface area contributed by atoms with Gasteiger partial charge in [0.05, 0.1) is 5.69 Å². The predicted octanol–water partition coefficient (Wildman–Crippen LogP) is 0.897. The summed E-state index contributed by atoms with van der Waals surface area (Å²) in [7, 11) is 0. The number of nitrogens with one attached hydrogen (secondary N) is 1. The summed E-state index contributed by atoms with van der Waals surface area (Å²) in [6.07, 6.45) is 3.80. The van der Waals surface area contributed by atoms with E-state index < -0.39 is 12.0 Å². The number of imidazole rings is 1. The molecule has 2 rings (SSSR count). The number of nitrogens with zero attached hydrogens (tertiary/aromatic N) is 2. The lowest BCUT2D eigenvalue weighted by molar-refractivity contribution is -0.139. The second-order valence-corrected chi connectivity index (χ2v) is 3.64. The van der Waals surface area contributed by atoms with E-state index in [0.717, 1.165) is 11.3 Å². The highest BCUT2D eigenvalue weighted by molar-refractivity contribution is 5.72. The van der Waals surface area contributed by atoms with Gasteiger partial charge in [0.25, 0.3) is 0 Å². The molecule has 0 radical (unpaired) electrons. The number of aromatic nitrogens is 2. The summed E-state index contributed by atoms with van der Waals surface area (Å²) in [6.45, 7) is 2.06. The number of hydrogen-bond donors (Lipinski definition) is 2. The molecule has 2 heterocycles. The van der Waals surface area contributed by atoms with E-state index in [0.29, 0.717) is 6.54 Å². The van der Waals surface area contributed by atoms with E-state index >= 15 is 0 Å². The SMILES string of the molecule is CC(NCc1cn2ccccc2n1)C(=O)O. The third-order valence-electron chi connectivity index (χ3n) is 2.37. The fourth-order valence-corrected chi connectivity index (χ4v) is 1.42. The molecule has 2 aromatic rings. The van der Waals surface area contributed by atoms with Crippen LogP contribution in [0.1, 0.15) is 12.6 Å². The maximum Gasteiger partial charge on any atom is 0.320 e. The van der Waals surface area contributed by atoms with Crippen LogP contribution < -0.4 is 5.32 Å². The number of carboxylic acids is 1. The van der Waals surface area contributed by atoms with Crippen LogP contribution in [0.2, 0.25) is 0 Å². The monoisotopic (exact) mass is 219 g/mol. The molecule has 0 aliphatic heterocycles. The summed E-state index contributed by atoms with van der Waals surface area (Å²) < 4.78 is 1.91. The lowest BCUT2D eigenvalue weighted by Gasteiger charge is -2.06. The van der Waals surface area contributed by atoms with Crippen LogP contribution in [0.3, 0.4) is 0 Å². The van der Waals surface area contributed by atoms with Gasteiger partial charge in [0, 0.05) is 18.9 Å². The van der Waals surface area contributed by atoms with Crippen molar-refractivity contribution < 1.29 is 9.90 Å². The Kier molecular flexibility index (Phi) is 2.87. The van der Waals surface area contributed by atoms with Gasteiger partial charge in [-0.15, -0.1) is 0 Å². The van der Waals surface area contributed by atoms with Gasteiger partial charge in [0.1, 0.15) is 11.7 Å². The molecular formula is C11H13N3O2. The highest BCUT2D eigenvalue weighted by atomic mass is 16.4. The van der Waals surface area contributed by atoms with Crippen molar-refractivity contribution in [3.63, 3.8) is 0 Å². The minimum absolute atomic E-state index is 0.454. The molecule has 0 saturated heterocycles. The highest BCUT2D eigenvalue weighted by Crippen LogP contribution is 2.04. The lowest BCUT2D eigenvalue weighted by atomic mass is 10.3. The molecule has 0 aliphatic rings. The quantitative estimate of drug-likeness (QED) is 0.801. The van der Waals surface area contributed by atoms with Gasteiger partial charge >= 0.3 is 5.97 Å². The average molecular weight is 219 g/mol. The maximum absolute atomic E-state index is 10.6. The zero-order chi connectivity index (χ0) is 11.5. The number of carboxylic acid groups (broad SMARTS) is 1. The van der Waals surface area contributed by atoms with Gasteiger partial charge in [-0.05, 0) is 19.1 Å². The number of hydrogen-bond acceptors (Lipinski definition) is 3. The Labute approximate surface area is 92.7 Å². The number of carbonyl (C=O) groups is 1. The van der Waals surface area contributed by atoms with Gasteiger partial charge in [-0.1, -0.05) is 6.07 Å². The van der Waals surface area contributed by atoms with E-state index in [1.54, 1.807) is 6.92 Å². The van der Waals surface area contributed by atoms with E-state index in [-0.39, 0.29) is 0 Å². The van der Waals surface area contributed by atoms with Gasteiger partial charge in [-0.3, -0.25) is 10.1 Å². The Morgan fingerprint density at radius 3 is 3.12 bits per heavy atom. The van der Waals surface area contributed by atoms with Crippen molar-refractivity contribution in [2.24, 2.45) is 0 Å². The van der Waals surface area contributed by atoms with Gasteiger partial charge in [-0.25, -0.2) is 4.98 Å². The van der Waals surface area contributed by atoms with Crippen molar-refractivity contribution in [3.8, 4) is 0 Å². The van der Waals surface area contributed by atoms with Crippen molar-refractivity contribution in [1.82, 2.24) is 14.7 Å². The van der Waals surface area contributed by atoms with Gasteiger partial charge in [-0.2, -0.15) is 0 Å². The number of pyridine rings is 1. The molecule has 84 valence electrons. The van der Waals surface area contributed by atoms with Crippen LogP contribution in [0.5, 0.6) is 0 Å². The summed E-state index contributed by atoms with van der Waals surface area (Å²) in [5.41, 5.74) is 1.70. The Hall–Kier alpha value is -1.88. The highest BCUT2D eigenvalue weighted by Gasteiger charge is 2.10. The second kappa shape index (κ2) is 4.32. The molecule has 5 nitrogen and oxygen atoms in total. The molecule has 0 bridgehead atoms. The number of aliphatic carboxylic acids is 1. The fourth-order valence-electron chi connectivity index (χ4n) is 1.42. The minimum atomic E-state index is -0.858. The second-order valence-electron chi connectivity index (χ2n) is 3.64. The third kappa shape index (κ3) is 2.20. The third-order valence-corrected chi connectivity index (χ3v) is 2.37. The molecule has 1 unspecified atom stereocenters. The Morgan fingerprint density at radius 1 is 1.62 bits per heavy atom. The Morgan fingerprint density at radius 2 is 2.44 bits per heavy atom. The first-order valence-electron chi connectivity index (χ1n) is 5.05. The van der Waals surface area contributed by atoms with Crippen molar-refractivity contribution in [3.05, 3.63) is 36.3 Å². The maximum atomic E-state index is 10.6. The van der Waals surface area contributed by atoms with Gasteiger partial charge in [0.15, 0.2) is 0 Å². The van der Waals surface area contributed by atoms with Crippen LogP contribution in [-0.2, 0) is 11.3 Å². The van der Waals surface area contributed by atoms with Crippen molar-refractivity contribution in [2.45, 2.75) is 19.5 Å². The van der Waals surface area contributed by atoms with E-state index in [4.69, 9.17) is 5.11 Å². The van der Waals surface area contributed by atoms with Crippen LogP contribution in [0.15, 0.2) is 30.6 Å². The zero-order valence-corrected chi connectivity index (χ0v) is 8.92. The van der Waals surface area contributed by atoms with E-state index in [1.165, 1.54) is 0 Å². The molecule has 5 heteroatoms. The van der Waals surface area contributed by atoms with E-state index in [9.17, 15) is 4.79 Å². The predicted molar refractivity (Wildman–Crippen MR) is 59.1 cm³/mol. The van der Waals surface area contributed by atoms with Crippen LogP contribution in [-0.4, -0.2) is 26.5 Å². The topological polar surface area (TPSA) is 66.6 Å². The molecule has 0 amide bonds. The lowest BCUT2D eigenvalue weighted by Crippen LogP contribution is -2.33. The normalized spacial score (nSPS) is 12.8. The van der Waals surface area contributed by atoms with Crippen LogP contribution in [0.25, 0.3) is 5.65 Å². The summed E-state index contributed by atoms with van der Waals surface area (Å²) in [6, 6.07) is 5.18. The molecule has 2 aromatic heterocycles. The van der Waals surface area contributed by atoms with E-state index in [2.05, 4.69) is 10.3 Å². The zero-order valence-electron chi connectivity index (χ0n) is 8.92. The first-order chi connectivity index (χ1) is 7.66. The minimum Gasteiger partial charge on any atom is -0.480 e. The van der Waals surface area contributed by atoms with Crippen molar-refractivity contribution in [2.75, 3.05) is 0 Å². The van der Waals surface area contributed by atoms with Gasteiger partial charge in [0.2, 0.25) is 0 Å². The van der Waals surface area contributed by atoms with Crippen LogP contribution in [0, 0.1) is 0 Å². The summed E-state index contributed by atoms with van der Waals surface area (Å²) >= 11 is 0. The van der Waals surface area contributed by atoms with Crippen LogP contribution >= 0.6 is 0 Å². The first kappa shape index (κ1) is 10.6. The summed E-state index contributed by atoms with van der Waals surface area (Å²) in [5, 5.41) is 11.6. The first-order valence-corrected chi connectivity index (χ1v) is 5.05. The van der Waals surface area contributed by atoms with Gasteiger partial charge < -0.3 is 9.51 Å². The Balaban J connectivity index is 2.07. The van der Waals surface area contributed by atoms with Crippen molar-refractivity contribution >= 4 is 11.6 Å². The number of rotatable bonds is 4. The average Bonchev–Trinajstić information content (AvgIpc) is 2.68. The number of fused-ring (bicyclic) bond motifs is 1. The van der Waals surface area contributed by atoms with Crippen LogP contribution in [0.4, 0.5) is 0 Å². The standard InChI is InChI=1S/C11H13N3O2/c1-8(11(15)16)12-6-9-7-14-5-3-2-4-10(14)13-9/h2-5,7-8,12H,6H2,1H3,(H,15,16). The molecule has 0 spiro atoms.